The molecule has 0 aromatic carbocycles. The summed E-state index contributed by atoms with van der Waals surface area (Å²) in [6.45, 7) is 0.636. The topological polar surface area (TPSA) is 79.2 Å². The highest BCUT2D eigenvalue weighted by Gasteiger charge is 2.29. The maximum atomic E-state index is 10.4. The Balaban J connectivity index is 2.58. The molecule has 1 N–H and O–H groups in total. The van der Waals surface area contributed by atoms with Crippen LogP contribution in [0.4, 0.5) is 0 Å². The lowest BCUT2D eigenvalue weighted by molar-refractivity contribution is -0.149. The average molecular weight is 160 g/mol. The van der Waals surface area contributed by atoms with Gasteiger partial charge in [0.2, 0.25) is 0 Å². The highest BCUT2D eigenvalue weighted by molar-refractivity contribution is 5.73. The van der Waals surface area contributed by atoms with Crippen molar-refractivity contribution in [3.05, 3.63) is 4.91 Å². The standard InChI is InChI=1S/C5H8N2O4/c8-5(9)4-3-11-2-1-7(4)6-10/h4H,1-3H2,(H,8,9)/t4-/m1/s1. The van der Waals surface area contributed by atoms with Gasteiger partial charge in [0.15, 0.2) is 6.04 Å². The van der Waals surface area contributed by atoms with Gasteiger partial charge >= 0.3 is 5.97 Å². The SMILES string of the molecule is O=NN1CCOC[C@@H]1C(=O)O. The molecule has 0 aromatic rings. The summed E-state index contributed by atoms with van der Waals surface area (Å²) in [6, 6.07) is -0.916. The zero-order valence-corrected chi connectivity index (χ0v) is 5.77. The number of carbonyl (C=O) groups is 1. The van der Waals surface area contributed by atoms with E-state index >= 15 is 0 Å². The summed E-state index contributed by atoms with van der Waals surface area (Å²) in [5.74, 6) is -1.08. The third-order valence-corrected chi connectivity index (χ3v) is 1.49. The average Bonchev–Trinajstić information content (AvgIpc) is 2.04. The summed E-state index contributed by atoms with van der Waals surface area (Å²) in [5.41, 5.74) is 0. The van der Waals surface area contributed by atoms with E-state index in [2.05, 4.69) is 5.29 Å². The lowest BCUT2D eigenvalue weighted by atomic mass is 10.3. The molecule has 6 heteroatoms. The van der Waals surface area contributed by atoms with Crippen LogP contribution in [0.3, 0.4) is 0 Å². The lowest BCUT2D eigenvalue weighted by Crippen LogP contribution is -2.46. The Morgan fingerprint density at radius 2 is 2.45 bits per heavy atom. The second-order valence-corrected chi connectivity index (χ2v) is 2.17. The predicted molar refractivity (Wildman–Crippen MR) is 34.7 cm³/mol. The molecule has 0 aliphatic carbocycles. The second kappa shape index (κ2) is 3.29. The summed E-state index contributed by atoms with van der Waals surface area (Å²) in [4.78, 5) is 20.4. The molecule has 6 nitrogen and oxygen atoms in total. The lowest BCUT2D eigenvalue weighted by Gasteiger charge is -2.27. The first-order valence-corrected chi connectivity index (χ1v) is 3.16. The number of aliphatic carboxylic acids is 1. The zero-order chi connectivity index (χ0) is 8.27. The number of morpholine rings is 1. The number of ether oxygens (including phenoxy) is 1. The van der Waals surface area contributed by atoms with E-state index in [1.807, 2.05) is 0 Å². The molecule has 11 heavy (non-hydrogen) atoms. The van der Waals surface area contributed by atoms with Gasteiger partial charge in [-0.15, -0.1) is 4.91 Å². The van der Waals surface area contributed by atoms with Crippen molar-refractivity contribution in [3.63, 3.8) is 0 Å². The predicted octanol–water partition coefficient (Wildman–Crippen LogP) is -0.547. The fourth-order valence-corrected chi connectivity index (χ4v) is 0.891. The third-order valence-electron chi connectivity index (χ3n) is 1.49. The minimum atomic E-state index is -1.08. The van der Waals surface area contributed by atoms with E-state index in [0.717, 1.165) is 5.01 Å². The highest BCUT2D eigenvalue weighted by Crippen LogP contribution is 2.06. The van der Waals surface area contributed by atoms with Gasteiger partial charge in [0, 0.05) is 0 Å². The first-order valence-electron chi connectivity index (χ1n) is 3.16. The number of nitrogens with zero attached hydrogens (tertiary/aromatic N) is 2. The van der Waals surface area contributed by atoms with Crippen molar-refractivity contribution in [2.75, 3.05) is 19.8 Å². The van der Waals surface area contributed by atoms with Gasteiger partial charge in [-0.1, -0.05) is 0 Å². The van der Waals surface area contributed by atoms with Crippen LogP contribution in [0.15, 0.2) is 5.29 Å². The number of hydrogen-bond acceptors (Lipinski definition) is 4. The van der Waals surface area contributed by atoms with E-state index in [1.165, 1.54) is 0 Å². The van der Waals surface area contributed by atoms with E-state index < -0.39 is 12.0 Å². The molecule has 0 bridgehead atoms. The van der Waals surface area contributed by atoms with Crippen LogP contribution in [-0.4, -0.2) is 41.9 Å². The van der Waals surface area contributed by atoms with Crippen LogP contribution >= 0.6 is 0 Å². The van der Waals surface area contributed by atoms with Crippen LogP contribution in [-0.2, 0) is 9.53 Å². The Bertz CT molecular complexity index is 172. The summed E-state index contributed by atoms with van der Waals surface area (Å²) in [6.07, 6.45) is 0. The van der Waals surface area contributed by atoms with Gasteiger partial charge in [0.1, 0.15) is 0 Å². The fourth-order valence-electron chi connectivity index (χ4n) is 0.891. The van der Waals surface area contributed by atoms with Gasteiger partial charge in [-0.3, -0.25) is 0 Å². The molecule has 1 aliphatic rings. The summed E-state index contributed by atoms with van der Waals surface area (Å²) >= 11 is 0. The molecular weight excluding hydrogens is 152 g/mol. The Hall–Kier alpha value is -1.17. The molecule has 0 spiro atoms. The number of nitroso groups, excluding NO2 is 1. The van der Waals surface area contributed by atoms with Crippen molar-refractivity contribution in [1.29, 1.82) is 0 Å². The smallest absolute Gasteiger partial charge is 0.330 e. The Morgan fingerprint density at radius 3 is 2.91 bits per heavy atom. The molecule has 1 atom stereocenters. The van der Waals surface area contributed by atoms with Crippen LogP contribution in [0.1, 0.15) is 0 Å². The van der Waals surface area contributed by atoms with E-state index in [-0.39, 0.29) is 13.2 Å². The van der Waals surface area contributed by atoms with Gasteiger partial charge in [-0.25, -0.2) is 9.80 Å². The number of carboxylic acid groups (broad SMARTS) is 1. The quantitative estimate of drug-likeness (QED) is 0.548. The zero-order valence-electron chi connectivity index (χ0n) is 5.77. The van der Waals surface area contributed by atoms with Crippen LogP contribution in [0.25, 0.3) is 0 Å². The largest absolute Gasteiger partial charge is 0.480 e. The number of rotatable bonds is 2. The minimum Gasteiger partial charge on any atom is -0.480 e. The first kappa shape index (κ1) is 7.93. The Labute approximate surface area is 62.7 Å². The maximum absolute atomic E-state index is 10.4. The van der Waals surface area contributed by atoms with Gasteiger partial charge in [0.05, 0.1) is 25.0 Å². The molecular formula is C5H8N2O4. The van der Waals surface area contributed by atoms with Crippen molar-refractivity contribution in [2.24, 2.45) is 5.29 Å². The van der Waals surface area contributed by atoms with Crippen molar-refractivity contribution in [1.82, 2.24) is 5.01 Å². The van der Waals surface area contributed by atoms with E-state index in [4.69, 9.17) is 9.84 Å². The molecule has 0 saturated carbocycles. The van der Waals surface area contributed by atoms with Crippen LogP contribution in [0, 0.1) is 4.91 Å². The second-order valence-electron chi connectivity index (χ2n) is 2.17. The van der Waals surface area contributed by atoms with Crippen LogP contribution in [0.2, 0.25) is 0 Å². The number of carboxylic acids is 1. The molecule has 0 unspecified atom stereocenters. The van der Waals surface area contributed by atoms with Gasteiger partial charge < -0.3 is 9.84 Å². The van der Waals surface area contributed by atoms with Crippen molar-refractivity contribution < 1.29 is 14.6 Å². The molecule has 1 rings (SSSR count). The molecule has 1 aliphatic heterocycles. The van der Waals surface area contributed by atoms with Crippen molar-refractivity contribution >= 4 is 5.97 Å². The minimum absolute atomic E-state index is 0.0288. The van der Waals surface area contributed by atoms with Gasteiger partial charge in [-0.2, -0.15) is 0 Å². The van der Waals surface area contributed by atoms with Gasteiger partial charge in [-0.05, 0) is 0 Å². The molecule has 1 fully saturated rings. The van der Waals surface area contributed by atoms with Crippen molar-refractivity contribution in [3.8, 4) is 0 Å². The van der Waals surface area contributed by atoms with E-state index in [1.54, 1.807) is 0 Å². The first-order chi connectivity index (χ1) is 5.25. The van der Waals surface area contributed by atoms with Crippen LogP contribution < -0.4 is 0 Å². The van der Waals surface area contributed by atoms with Gasteiger partial charge in [0.25, 0.3) is 0 Å². The Kier molecular flexibility index (Phi) is 2.37. The van der Waals surface area contributed by atoms with Crippen LogP contribution in [0.5, 0.6) is 0 Å². The van der Waals surface area contributed by atoms with Crippen molar-refractivity contribution in [2.45, 2.75) is 6.04 Å². The van der Waals surface area contributed by atoms with E-state index in [9.17, 15) is 9.70 Å². The summed E-state index contributed by atoms with van der Waals surface area (Å²) in [5, 5.41) is 12.1. The summed E-state index contributed by atoms with van der Waals surface area (Å²) < 4.78 is 4.85. The normalized spacial score (nSPS) is 24.7. The van der Waals surface area contributed by atoms with E-state index in [0.29, 0.717) is 6.61 Å². The fraction of sp³-hybridized carbons (Fsp3) is 0.800. The molecule has 0 amide bonds. The number of hydrogen-bond donors (Lipinski definition) is 1. The molecule has 62 valence electrons. The molecule has 0 aromatic heterocycles. The Morgan fingerprint density at radius 1 is 1.73 bits per heavy atom. The molecule has 0 radical (unpaired) electrons. The summed E-state index contributed by atoms with van der Waals surface area (Å²) in [7, 11) is 0. The molecule has 1 saturated heterocycles. The molecule has 1 heterocycles. The highest BCUT2D eigenvalue weighted by atomic mass is 16.5. The third kappa shape index (κ3) is 1.64. The monoisotopic (exact) mass is 160 g/mol. The maximum Gasteiger partial charge on any atom is 0.330 e.